The normalized spacial score (nSPS) is 20.6. The Bertz CT molecular complexity index is 1410. The molecule has 2 aliphatic heterocycles. The second-order valence-electron chi connectivity index (χ2n) is 9.97. The summed E-state index contributed by atoms with van der Waals surface area (Å²) >= 11 is 0. The first-order valence-corrected chi connectivity index (χ1v) is 12.2. The molecule has 1 aromatic heterocycles. The smallest absolute Gasteiger partial charge is 0.419 e. The number of carbonyl (C=O) groups excluding carboxylic acids is 1. The highest BCUT2D eigenvalue weighted by Crippen LogP contribution is 2.45. The summed E-state index contributed by atoms with van der Waals surface area (Å²) in [4.78, 5) is 26.7. The number of phenols is 1. The van der Waals surface area contributed by atoms with Crippen LogP contribution in [0.1, 0.15) is 47.6 Å². The number of likely N-dealkylation sites (N-methyl/N-ethyl adjacent to an activating group) is 1. The predicted molar refractivity (Wildman–Crippen MR) is 133 cm³/mol. The lowest BCUT2D eigenvalue weighted by Crippen LogP contribution is -2.53. The zero-order chi connectivity index (χ0) is 27.4. The molecule has 0 saturated carbocycles. The Morgan fingerprint density at radius 3 is 2.53 bits per heavy atom. The third kappa shape index (κ3) is 4.24. The zero-order valence-electron chi connectivity index (χ0n) is 21.1. The highest BCUT2D eigenvalue weighted by atomic mass is 19.4. The third-order valence-corrected chi connectivity index (χ3v) is 7.33. The van der Waals surface area contributed by atoms with Gasteiger partial charge in [0.05, 0.1) is 29.5 Å². The number of phenolic OH excluding ortho intramolecular Hbond substituents is 1. The molecule has 2 aromatic carbocycles. The molecule has 1 fully saturated rings. The number of fused-ring (bicyclic) bond motifs is 2. The molecule has 2 N–H and O–H groups in total. The van der Waals surface area contributed by atoms with Gasteiger partial charge in [0.2, 0.25) is 5.91 Å². The molecule has 2 aliphatic rings. The molecular formula is C27H27F4N5O2. The number of aromatic nitrogens is 2. The number of nitrogens with zero attached hydrogens (tertiary/aromatic N) is 4. The number of aromatic hydroxyl groups is 1. The van der Waals surface area contributed by atoms with Crippen LogP contribution in [-0.4, -0.2) is 46.0 Å². The minimum absolute atomic E-state index is 0.0254. The molecule has 1 amide bonds. The largest absolute Gasteiger partial charge is 0.506 e. The Hall–Kier alpha value is -3.73. The van der Waals surface area contributed by atoms with Crippen molar-refractivity contribution in [2.45, 2.75) is 44.4 Å². The molecule has 11 heteroatoms. The lowest BCUT2D eigenvalue weighted by Gasteiger charge is -2.41. The molecule has 3 aromatic rings. The van der Waals surface area contributed by atoms with Gasteiger partial charge in [-0.1, -0.05) is 24.3 Å². The van der Waals surface area contributed by atoms with Crippen LogP contribution in [0.15, 0.2) is 42.5 Å². The lowest BCUT2D eigenvalue weighted by atomic mass is 9.76. The number of para-hydroxylation sites is 2. The Morgan fingerprint density at radius 1 is 1.13 bits per heavy atom. The molecule has 0 bridgehead atoms. The first-order chi connectivity index (χ1) is 17.9. The van der Waals surface area contributed by atoms with E-state index in [9.17, 15) is 27.5 Å². The second-order valence-corrected chi connectivity index (χ2v) is 9.97. The number of anilines is 2. The van der Waals surface area contributed by atoms with Gasteiger partial charge in [-0.05, 0) is 52.1 Å². The quantitative estimate of drug-likeness (QED) is 0.466. The molecule has 1 spiro atoms. The number of hydrogen-bond donors (Lipinski definition) is 2. The highest BCUT2D eigenvalue weighted by Gasteiger charge is 2.53. The van der Waals surface area contributed by atoms with Gasteiger partial charge in [-0.2, -0.15) is 13.2 Å². The van der Waals surface area contributed by atoms with E-state index in [2.05, 4.69) is 15.3 Å². The molecule has 38 heavy (non-hydrogen) atoms. The average Bonchev–Trinajstić information content (AvgIpc) is 3.24. The van der Waals surface area contributed by atoms with Crippen LogP contribution in [0.2, 0.25) is 0 Å². The van der Waals surface area contributed by atoms with Gasteiger partial charge >= 0.3 is 6.18 Å². The van der Waals surface area contributed by atoms with Crippen LogP contribution >= 0.6 is 0 Å². The van der Waals surface area contributed by atoms with Gasteiger partial charge in [0.25, 0.3) is 0 Å². The van der Waals surface area contributed by atoms with Gasteiger partial charge in [-0.3, -0.25) is 4.79 Å². The van der Waals surface area contributed by atoms with Crippen molar-refractivity contribution in [3.8, 4) is 5.75 Å². The molecule has 0 aliphatic carbocycles. The van der Waals surface area contributed by atoms with E-state index in [-0.39, 0.29) is 23.8 Å². The minimum Gasteiger partial charge on any atom is -0.506 e. The van der Waals surface area contributed by atoms with Gasteiger partial charge in [0, 0.05) is 17.7 Å². The first kappa shape index (κ1) is 25.9. The van der Waals surface area contributed by atoms with Crippen LogP contribution in [0.3, 0.4) is 0 Å². The fourth-order valence-electron chi connectivity index (χ4n) is 5.49. The summed E-state index contributed by atoms with van der Waals surface area (Å²) in [6.45, 7) is 4.30. The Kier molecular flexibility index (Phi) is 6.29. The van der Waals surface area contributed by atoms with E-state index in [1.165, 1.54) is 23.1 Å². The highest BCUT2D eigenvalue weighted by molar-refractivity contribution is 6.04. The monoisotopic (exact) mass is 529 g/mol. The van der Waals surface area contributed by atoms with Crippen LogP contribution in [0.25, 0.3) is 0 Å². The summed E-state index contributed by atoms with van der Waals surface area (Å²) in [7, 11) is 1.91. The second kappa shape index (κ2) is 9.23. The van der Waals surface area contributed by atoms with Crippen molar-refractivity contribution < 1.29 is 27.5 Å². The number of amides is 1. The van der Waals surface area contributed by atoms with Crippen LogP contribution in [0.5, 0.6) is 5.75 Å². The van der Waals surface area contributed by atoms with Gasteiger partial charge < -0.3 is 20.2 Å². The number of rotatable bonds is 4. The molecule has 3 heterocycles. The fraction of sp³-hybridized carbons (Fsp3) is 0.370. The van der Waals surface area contributed by atoms with Crippen molar-refractivity contribution in [1.29, 1.82) is 0 Å². The van der Waals surface area contributed by atoms with Crippen molar-refractivity contribution in [1.82, 2.24) is 14.9 Å². The zero-order valence-corrected chi connectivity index (χ0v) is 21.1. The van der Waals surface area contributed by atoms with Crippen molar-refractivity contribution in [3.63, 3.8) is 0 Å². The molecular weight excluding hydrogens is 502 g/mol. The maximum absolute atomic E-state index is 14.9. The third-order valence-electron chi connectivity index (χ3n) is 7.33. The number of halogens is 4. The molecule has 2 atom stereocenters. The fourth-order valence-corrected chi connectivity index (χ4v) is 5.49. The summed E-state index contributed by atoms with van der Waals surface area (Å²) in [5, 5.41) is 13.6. The summed E-state index contributed by atoms with van der Waals surface area (Å²) in [5.41, 5.74) is -1.04. The Morgan fingerprint density at radius 2 is 1.87 bits per heavy atom. The molecule has 5 rings (SSSR count). The number of aryl methyl sites for hydroxylation is 1. The Labute approximate surface area is 217 Å². The van der Waals surface area contributed by atoms with Crippen molar-refractivity contribution >= 4 is 17.4 Å². The summed E-state index contributed by atoms with van der Waals surface area (Å²) < 4.78 is 54.9. The molecule has 0 radical (unpaired) electrons. The SMILES string of the molecule is Cc1nc(N[C@H](C)c2cccc(C(F)(F)F)c2F)c2c(n1)C1(CCN(C)C1)C(=O)N(c1ccccc1O)C2. The predicted octanol–water partition coefficient (Wildman–Crippen LogP) is 4.94. The number of likely N-dealkylation sites (tertiary alicyclic amines) is 1. The standard InChI is InChI=1S/C27H27F4N5O2/c1-15(17-7-6-8-19(22(17)28)27(29,30)31)32-24-18-13-36(20-9-4-5-10-21(20)37)25(38)26(11-12-35(3)14-26)23(18)33-16(2)34-24/h4-10,15,37H,11-14H2,1-3H3,(H,32,33,34)/t15-,26?/m1/s1. The topological polar surface area (TPSA) is 81.6 Å². The average molecular weight is 530 g/mol. The number of nitrogens with one attached hydrogen (secondary N) is 1. The molecule has 1 saturated heterocycles. The number of carbonyl (C=O) groups is 1. The number of benzene rings is 2. The number of alkyl halides is 3. The minimum atomic E-state index is -4.83. The van der Waals surface area contributed by atoms with E-state index >= 15 is 0 Å². The molecule has 7 nitrogen and oxygen atoms in total. The van der Waals surface area contributed by atoms with Crippen LogP contribution in [0.4, 0.5) is 29.1 Å². The Balaban J connectivity index is 1.62. The van der Waals surface area contributed by atoms with Gasteiger partial charge in [0.15, 0.2) is 0 Å². The van der Waals surface area contributed by atoms with E-state index in [4.69, 9.17) is 0 Å². The maximum Gasteiger partial charge on any atom is 0.419 e. The molecule has 200 valence electrons. The maximum atomic E-state index is 14.9. The van der Waals surface area contributed by atoms with E-state index in [1.807, 2.05) is 11.9 Å². The summed E-state index contributed by atoms with van der Waals surface area (Å²) in [5.74, 6) is -0.927. The van der Waals surface area contributed by atoms with Crippen molar-refractivity contribution in [2.75, 3.05) is 30.4 Å². The van der Waals surface area contributed by atoms with Crippen LogP contribution in [0, 0.1) is 12.7 Å². The van der Waals surface area contributed by atoms with Gasteiger partial charge in [-0.15, -0.1) is 0 Å². The van der Waals surface area contributed by atoms with Gasteiger partial charge in [-0.25, -0.2) is 14.4 Å². The van der Waals surface area contributed by atoms with E-state index in [0.717, 1.165) is 0 Å². The van der Waals surface area contributed by atoms with Gasteiger partial charge in [0.1, 0.15) is 28.6 Å². The molecule has 1 unspecified atom stereocenters. The first-order valence-electron chi connectivity index (χ1n) is 12.2. The summed E-state index contributed by atoms with van der Waals surface area (Å²) in [6.07, 6.45) is -4.34. The van der Waals surface area contributed by atoms with E-state index < -0.39 is 29.0 Å². The van der Waals surface area contributed by atoms with Crippen LogP contribution in [-0.2, 0) is 22.9 Å². The van der Waals surface area contributed by atoms with Crippen molar-refractivity contribution in [2.24, 2.45) is 0 Å². The number of hydrogen-bond acceptors (Lipinski definition) is 6. The van der Waals surface area contributed by atoms with E-state index in [0.29, 0.717) is 54.2 Å². The van der Waals surface area contributed by atoms with Crippen LogP contribution < -0.4 is 10.2 Å². The van der Waals surface area contributed by atoms with Crippen molar-refractivity contribution in [3.05, 3.63) is 76.5 Å². The summed E-state index contributed by atoms with van der Waals surface area (Å²) in [6, 6.07) is 8.81. The lowest BCUT2D eigenvalue weighted by molar-refractivity contribution is -0.140. The van der Waals surface area contributed by atoms with E-state index in [1.54, 1.807) is 32.0 Å².